The fourth-order valence-electron chi connectivity index (χ4n) is 1.15. The molecule has 2 aromatic heterocycles. The molecular formula is C9H8BrN3S. The Morgan fingerprint density at radius 2 is 2.00 bits per heavy atom. The summed E-state index contributed by atoms with van der Waals surface area (Å²) in [4.78, 5) is 7.88. The van der Waals surface area contributed by atoms with Crippen LogP contribution in [-0.2, 0) is 0 Å². The summed E-state index contributed by atoms with van der Waals surface area (Å²) in [6.07, 6.45) is 4.98. The van der Waals surface area contributed by atoms with Gasteiger partial charge >= 0.3 is 0 Å². The molecule has 2 heterocycles. The van der Waals surface area contributed by atoms with Gasteiger partial charge in [-0.1, -0.05) is 0 Å². The van der Waals surface area contributed by atoms with Crippen LogP contribution in [0.2, 0.25) is 0 Å². The van der Waals surface area contributed by atoms with Gasteiger partial charge < -0.3 is 5.73 Å². The lowest BCUT2D eigenvalue weighted by Crippen LogP contribution is -2.11. The number of rotatable bonds is 2. The second-order valence-electron chi connectivity index (χ2n) is 2.83. The second-order valence-corrected chi connectivity index (χ2v) is 5.12. The number of hydrogen-bond acceptors (Lipinski definition) is 4. The van der Waals surface area contributed by atoms with Crippen LogP contribution in [0.1, 0.15) is 17.2 Å². The summed E-state index contributed by atoms with van der Waals surface area (Å²) in [5, 5.41) is 2.03. The third-order valence-corrected chi connectivity index (χ3v) is 3.41. The van der Waals surface area contributed by atoms with Crippen molar-refractivity contribution in [3.63, 3.8) is 0 Å². The van der Waals surface area contributed by atoms with Crippen LogP contribution in [0.25, 0.3) is 0 Å². The normalized spacial score (nSPS) is 12.7. The van der Waals surface area contributed by atoms with Gasteiger partial charge in [-0.2, -0.15) is 0 Å². The fourth-order valence-corrected chi connectivity index (χ4v) is 2.36. The number of nitrogens with two attached hydrogens (primary N) is 1. The zero-order valence-electron chi connectivity index (χ0n) is 7.22. The molecule has 2 N–H and O–H groups in total. The predicted molar refractivity (Wildman–Crippen MR) is 60.1 cm³/mol. The van der Waals surface area contributed by atoms with Crippen LogP contribution in [-0.4, -0.2) is 9.97 Å². The zero-order chi connectivity index (χ0) is 9.97. The van der Waals surface area contributed by atoms with E-state index in [1.54, 1.807) is 23.7 Å². The van der Waals surface area contributed by atoms with Gasteiger partial charge in [-0.15, -0.1) is 11.3 Å². The first-order valence-electron chi connectivity index (χ1n) is 4.02. The summed E-state index contributed by atoms with van der Waals surface area (Å²) in [6.45, 7) is 0. The molecule has 0 aliphatic carbocycles. The molecule has 0 fully saturated rings. The quantitative estimate of drug-likeness (QED) is 0.911. The molecule has 3 nitrogen and oxygen atoms in total. The lowest BCUT2D eigenvalue weighted by molar-refractivity contribution is 0.855. The minimum Gasteiger partial charge on any atom is -0.320 e. The first kappa shape index (κ1) is 9.76. The first-order valence-corrected chi connectivity index (χ1v) is 5.69. The molecule has 0 aliphatic rings. The van der Waals surface area contributed by atoms with Crippen LogP contribution in [0.15, 0.2) is 34.0 Å². The number of thiophene rings is 1. The molecule has 0 amide bonds. The van der Waals surface area contributed by atoms with Crippen molar-refractivity contribution in [1.29, 1.82) is 0 Å². The molecule has 0 bridgehead atoms. The smallest absolute Gasteiger partial charge is 0.115 e. The van der Waals surface area contributed by atoms with Crippen LogP contribution in [0.3, 0.4) is 0 Å². The molecule has 0 aromatic carbocycles. The average molecular weight is 270 g/mol. The Morgan fingerprint density at radius 3 is 2.57 bits per heavy atom. The minimum absolute atomic E-state index is 0.140. The maximum Gasteiger partial charge on any atom is 0.115 e. The van der Waals surface area contributed by atoms with E-state index >= 15 is 0 Å². The molecule has 1 unspecified atom stereocenters. The zero-order valence-corrected chi connectivity index (χ0v) is 9.62. The number of hydrogen-bond donors (Lipinski definition) is 1. The van der Waals surface area contributed by atoms with Gasteiger partial charge in [0.05, 0.1) is 9.83 Å². The van der Waals surface area contributed by atoms with E-state index < -0.39 is 0 Å². The summed E-state index contributed by atoms with van der Waals surface area (Å²) in [5.74, 6) is 0. The molecule has 0 saturated carbocycles. The molecule has 1 atom stereocenters. The van der Waals surface area contributed by atoms with Crippen molar-refractivity contribution in [2.24, 2.45) is 5.73 Å². The Labute approximate surface area is 94.1 Å². The molecule has 0 spiro atoms. The molecule has 2 rings (SSSR count). The second kappa shape index (κ2) is 4.16. The molecule has 2 aromatic rings. The van der Waals surface area contributed by atoms with Crippen molar-refractivity contribution in [2.45, 2.75) is 6.04 Å². The minimum atomic E-state index is -0.140. The maximum absolute atomic E-state index is 6.04. The van der Waals surface area contributed by atoms with E-state index in [-0.39, 0.29) is 6.04 Å². The van der Waals surface area contributed by atoms with Gasteiger partial charge in [-0.3, -0.25) is 0 Å². The highest BCUT2D eigenvalue weighted by Crippen LogP contribution is 2.27. The third-order valence-electron chi connectivity index (χ3n) is 1.89. The van der Waals surface area contributed by atoms with Crippen LogP contribution < -0.4 is 5.73 Å². The van der Waals surface area contributed by atoms with E-state index in [0.717, 1.165) is 14.9 Å². The Bertz CT molecular complexity index is 415. The summed E-state index contributed by atoms with van der Waals surface area (Å²) in [5.41, 5.74) is 8.04. The van der Waals surface area contributed by atoms with Crippen LogP contribution in [0, 0.1) is 0 Å². The van der Waals surface area contributed by atoms with Crippen molar-refractivity contribution in [1.82, 2.24) is 9.97 Å². The molecule has 72 valence electrons. The molecule has 0 radical (unpaired) electrons. The van der Waals surface area contributed by atoms with Crippen LogP contribution in [0.5, 0.6) is 0 Å². The van der Waals surface area contributed by atoms with Crippen molar-refractivity contribution in [3.8, 4) is 0 Å². The molecule has 14 heavy (non-hydrogen) atoms. The first-order chi connectivity index (χ1) is 6.77. The Kier molecular flexibility index (Phi) is 2.90. The number of aromatic nitrogens is 2. The highest BCUT2D eigenvalue weighted by Gasteiger charge is 2.10. The summed E-state index contributed by atoms with van der Waals surface area (Å²) < 4.78 is 1.08. The van der Waals surface area contributed by atoms with Crippen molar-refractivity contribution >= 4 is 27.3 Å². The maximum atomic E-state index is 6.04. The highest BCUT2D eigenvalue weighted by atomic mass is 79.9. The van der Waals surface area contributed by atoms with Gasteiger partial charge in [0, 0.05) is 18.0 Å². The van der Waals surface area contributed by atoms with E-state index in [4.69, 9.17) is 5.73 Å². The lowest BCUT2D eigenvalue weighted by Gasteiger charge is -2.08. The monoisotopic (exact) mass is 269 g/mol. The Balaban J connectivity index is 2.29. The SMILES string of the molecule is NC(c1cncnc1)c1csc(Br)c1. The third kappa shape index (κ3) is 2.00. The molecule has 0 aliphatic heterocycles. The molecule has 5 heteroatoms. The van der Waals surface area contributed by atoms with E-state index in [0.29, 0.717) is 0 Å². The van der Waals surface area contributed by atoms with Crippen LogP contribution >= 0.6 is 27.3 Å². The van der Waals surface area contributed by atoms with Crippen LogP contribution in [0.4, 0.5) is 0 Å². The Morgan fingerprint density at radius 1 is 1.29 bits per heavy atom. The summed E-state index contributed by atoms with van der Waals surface area (Å²) in [6, 6.07) is 1.88. The van der Waals surface area contributed by atoms with Gasteiger partial charge in [0.1, 0.15) is 6.33 Å². The largest absolute Gasteiger partial charge is 0.320 e. The summed E-state index contributed by atoms with van der Waals surface area (Å²) >= 11 is 5.03. The molecular weight excluding hydrogens is 262 g/mol. The van der Waals surface area contributed by atoms with Gasteiger partial charge in [-0.25, -0.2) is 9.97 Å². The predicted octanol–water partition coefficient (Wildman–Crippen LogP) is 2.35. The summed E-state index contributed by atoms with van der Waals surface area (Å²) in [7, 11) is 0. The fraction of sp³-hybridized carbons (Fsp3) is 0.111. The van der Waals surface area contributed by atoms with Crippen molar-refractivity contribution < 1.29 is 0 Å². The van der Waals surface area contributed by atoms with E-state index in [1.165, 1.54) is 6.33 Å². The van der Waals surface area contributed by atoms with E-state index in [9.17, 15) is 0 Å². The molecule has 0 saturated heterocycles. The van der Waals surface area contributed by atoms with E-state index in [1.807, 2.05) is 11.4 Å². The average Bonchev–Trinajstić information content (AvgIpc) is 2.65. The van der Waals surface area contributed by atoms with Gasteiger partial charge in [-0.05, 0) is 32.9 Å². The number of nitrogens with zero attached hydrogens (tertiary/aromatic N) is 2. The van der Waals surface area contributed by atoms with Crippen molar-refractivity contribution in [3.05, 3.63) is 45.1 Å². The number of halogens is 1. The Hall–Kier alpha value is -0.780. The standard InChI is InChI=1S/C9H8BrN3S/c10-8-1-6(4-14-8)9(11)7-2-12-5-13-3-7/h1-5,9H,11H2. The highest BCUT2D eigenvalue weighted by molar-refractivity contribution is 9.11. The van der Waals surface area contributed by atoms with Crippen molar-refractivity contribution in [2.75, 3.05) is 0 Å². The lowest BCUT2D eigenvalue weighted by atomic mass is 10.1. The topological polar surface area (TPSA) is 51.8 Å². The van der Waals surface area contributed by atoms with E-state index in [2.05, 4.69) is 25.9 Å². The van der Waals surface area contributed by atoms with Gasteiger partial charge in [0.15, 0.2) is 0 Å². The van der Waals surface area contributed by atoms with Gasteiger partial charge in [0.25, 0.3) is 0 Å². The van der Waals surface area contributed by atoms with Gasteiger partial charge in [0.2, 0.25) is 0 Å².